The Hall–Kier alpha value is -2.32. The Bertz CT molecular complexity index is 584. The van der Waals surface area contributed by atoms with Gasteiger partial charge in [-0.15, -0.1) is 6.42 Å². The second-order valence-electron chi connectivity index (χ2n) is 5.20. The molecule has 23 heavy (non-hydrogen) atoms. The Balaban J connectivity index is 2.52. The molecule has 2 atom stereocenters. The van der Waals surface area contributed by atoms with Crippen LogP contribution in [-0.2, 0) is 23.8 Å². The first kappa shape index (κ1) is 17.0. The van der Waals surface area contributed by atoms with Gasteiger partial charge in [-0.25, -0.2) is 0 Å². The lowest BCUT2D eigenvalue weighted by molar-refractivity contribution is -0.176. The van der Waals surface area contributed by atoms with Gasteiger partial charge in [0.15, 0.2) is 5.41 Å². The maximum atomic E-state index is 12.7. The van der Waals surface area contributed by atoms with E-state index in [1.807, 2.05) is 18.2 Å². The third-order valence-electron chi connectivity index (χ3n) is 3.82. The van der Waals surface area contributed by atoms with E-state index in [-0.39, 0.29) is 19.6 Å². The van der Waals surface area contributed by atoms with Crippen molar-refractivity contribution in [3.8, 4) is 12.3 Å². The number of rotatable bonds is 5. The van der Waals surface area contributed by atoms with E-state index in [0.29, 0.717) is 5.56 Å². The maximum Gasteiger partial charge on any atom is 0.326 e. The van der Waals surface area contributed by atoms with Gasteiger partial charge in [-0.1, -0.05) is 36.3 Å². The van der Waals surface area contributed by atoms with E-state index < -0.39 is 29.6 Å². The standard InChI is InChI=1S/C18H20O5/c1-4-14-12-18(16(19)21-5-2,17(20)22-6-3)15(23-14)13-10-8-7-9-11-13/h1,7-11,14-15H,5-6,12H2,2-3H3/t14-,15-/m0/s1. The normalized spacial score (nSPS) is 22.1. The molecule has 1 saturated heterocycles. The third kappa shape index (κ3) is 3.08. The minimum Gasteiger partial charge on any atom is -0.465 e. The van der Waals surface area contributed by atoms with Crippen molar-refractivity contribution in [3.05, 3.63) is 35.9 Å². The first-order valence-electron chi connectivity index (χ1n) is 7.61. The number of terminal acetylenes is 1. The zero-order valence-electron chi connectivity index (χ0n) is 13.3. The molecule has 1 aromatic rings. The molecule has 0 N–H and O–H groups in total. The summed E-state index contributed by atoms with van der Waals surface area (Å²) >= 11 is 0. The summed E-state index contributed by atoms with van der Waals surface area (Å²) in [5, 5.41) is 0. The Morgan fingerprint density at radius 2 is 1.78 bits per heavy atom. The summed E-state index contributed by atoms with van der Waals surface area (Å²) in [5.41, 5.74) is -0.893. The van der Waals surface area contributed by atoms with Crippen LogP contribution in [0.2, 0.25) is 0 Å². The number of ether oxygens (including phenoxy) is 3. The van der Waals surface area contributed by atoms with Crippen molar-refractivity contribution in [1.29, 1.82) is 0 Å². The number of benzene rings is 1. The number of hydrogen-bond acceptors (Lipinski definition) is 5. The second-order valence-corrected chi connectivity index (χ2v) is 5.20. The Morgan fingerprint density at radius 1 is 1.22 bits per heavy atom. The fraction of sp³-hybridized carbons (Fsp3) is 0.444. The molecule has 5 heteroatoms. The van der Waals surface area contributed by atoms with Crippen LogP contribution < -0.4 is 0 Å². The molecule has 0 aliphatic carbocycles. The molecular formula is C18H20O5. The Labute approximate surface area is 135 Å². The number of carbonyl (C=O) groups is 2. The van der Waals surface area contributed by atoms with Crippen LogP contribution in [0, 0.1) is 17.8 Å². The predicted molar refractivity (Wildman–Crippen MR) is 83.2 cm³/mol. The van der Waals surface area contributed by atoms with E-state index >= 15 is 0 Å². The number of carbonyl (C=O) groups excluding carboxylic acids is 2. The summed E-state index contributed by atoms with van der Waals surface area (Å²) in [7, 11) is 0. The van der Waals surface area contributed by atoms with Crippen molar-refractivity contribution >= 4 is 11.9 Å². The molecule has 0 bridgehead atoms. The van der Waals surface area contributed by atoms with E-state index in [2.05, 4.69) is 5.92 Å². The lowest BCUT2D eigenvalue weighted by Crippen LogP contribution is -2.44. The highest BCUT2D eigenvalue weighted by molar-refractivity contribution is 6.01. The van der Waals surface area contributed by atoms with Crippen molar-refractivity contribution in [2.75, 3.05) is 13.2 Å². The van der Waals surface area contributed by atoms with Gasteiger partial charge >= 0.3 is 11.9 Å². The van der Waals surface area contributed by atoms with Crippen LogP contribution in [0.3, 0.4) is 0 Å². The summed E-state index contributed by atoms with van der Waals surface area (Å²) in [4.78, 5) is 25.3. The molecule has 2 rings (SSSR count). The fourth-order valence-corrected chi connectivity index (χ4v) is 2.80. The summed E-state index contributed by atoms with van der Waals surface area (Å²) in [6, 6.07) is 9.03. The van der Waals surface area contributed by atoms with Crippen molar-refractivity contribution in [3.63, 3.8) is 0 Å². The van der Waals surface area contributed by atoms with Crippen LogP contribution in [0.5, 0.6) is 0 Å². The van der Waals surface area contributed by atoms with Crippen LogP contribution in [0.15, 0.2) is 30.3 Å². The van der Waals surface area contributed by atoms with Crippen LogP contribution in [0.4, 0.5) is 0 Å². The van der Waals surface area contributed by atoms with Gasteiger partial charge in [0.25, 0.3) is 0 Å². The van der Waals surface area contributed by atoms with Crippen molar-refractivity contribution in [2.24, 2.45) is 5.41 Å². The van der Waals surface area contributed by atoms with Gasteiger partial charge in [-0.3, -0.25) is 9.59 Å². The summed E-state index contributed by atoms with van der Waals surface area (Å²) in [6.45, 7) is 3.68. The van der Waals surface area contributed by atoms with Gasteiger partial charge in [-0.05, 0) is 19.4 Å². The minimum absolute atomic E-state index is 0.0424. The fourth-order valence-electron chi connectivity index (χ4n) is 2.80. The predicted octanol–water partition coefficient (Wildman–Crippen LogP) is 2.26. The molecule has 1 heterocycles. The number of esters is 2. The molecule has 1 aliphatic heterocycles. The van der Waals surface area contributed by atoms with Gasteiger partial charge in [0.2, 0.25) is 0 Å². The summed E-state index contributed by atoms with van der Waals surface area (Å²) in [6.07, 6.45) is 4.02. The van der Waals surface area contributed by atoms with Crippen LogP contribution in [-0.4, -0.2) is 31.3 Å². The molecule has 0 amide bonds. The van der Waals surface area contributed by atoms with Crippen molar-refractivity contribution in [2.45, 2.75) is 32.5 Å². The van der Waals surface area contributed by atoms with Crippen LogP contribution >= 0.6 is 0 Å². The van der Waals surface area contributed by atoms with E-state index in [4.69, 9.17) is 20.6 Å². The first-order chi connectivity index (χ1) is 11.1. The van der Waals surface area contributed by atoms with Gasteiger partial charge < -0.3 is 14.2 Å². The Morgan fingerprint density at radius 3 is 2.26 bits per heavy atom. The smallest absolute Gasteiger partial charge is 0.326 e. The van der Waals surface area contributed by atoms with Crippen molar-refractivity contribution < 1.29 is 23.8 Å². The molecule has 0 unspecified atom stereocenters. The summed E-state index contributed by atoms with van der Waals surface area (Å²) < 4.78 is 16.1. The zero-order valence-corrected chi connectivity index (χ0v) is 13.3. The topological polar surface area (TPSA) is 61.8 Å². The first-order valence-corrected chi connectivity index (χ1v) is 7.61. The molecule has 0 radical (unpaired) electrons. The quantitative estimate of drug-likeness (QED) is 0.474. The molecule has 0 spiro atoms. The van der Waals surface area contributed by atoms with Crippen LogP contribution in [0.25, 0.3) is 0 Å². The molecule has 0 aromatic heterocycles. The molecule has 122 valence electrons. The van der Waals surface area contributed by atoms with Gasteiger partial charge in [0, 0.05) is 6.42 Å². The molecule has 1 aromatic carbocycles. The van der Waals surface area contributed by atoms with Crippen LogP contribution in [0.1, 0.15) is 31.9 Å². The SMILES string of the molecule is C#C[C@H]1CC(C(=O)OCC)(C(=O)OCC)[C@H](c2ccccc2)O1. The highest BCUT2D eigenvalue weighted by Crippen LogP contribution is 2.50. The van der Waals surface area contributed by atoms with Crippen molar-refractivity contribution in [1.82, 2.24) is 0 Å². The monoisotopic (exact) mass is 316 g/mol. The van der Waals surface area contributed by atoms with E-state index in [9.17, 15) is 9.59 Å². The minimum atomic E-state index is -1.58. The van der Waals surface area contributed by atoms with E-state index in [1.165, 1.54) is 0 Å². The maximum absolute atomic E-state index is 12.7. The van der Waals surface area contributed by atoms with E-state index in [1.54, 1.807) is 26.0 Å². The second kappa shape index (κ2) is 7.30. The molecule has 1 fully saturated rings. The highest BCUT2D eigenvalue weighted by atomic mass is 16.6. The molecule has 5 nitrogen and oxygen atoms in total. The summed E-state index contributed by atoms with van der Waals surface area (Å²) in [5.74, 6) is 1.15. The molecular weight excluding hydrogens is 296 g/mol. The zero-order chi connectivity index (χ0) is 16.9. The third-order valence-corrected chi connectivity index (χ3v) is 3.82. The van der Waals surface area contributed by atoms with Gasteiger partial charge in [-0.2, -0.15) is 0 Å². The van der Waals surface area contributed by atoms with Gasteiger partial charge in [0.1, 0.15) is 12.2 Å². The molecule has 1 aliphatic rings. The van der Waals surface area contributed by atoms with Gasteiger partial charge in [0.05, 0.1) is 13.2 Å². The Kier molecular flexibility index (Phi) is 5.41. The lowest BCUT2D eigenvalue weighted by atomic mass is 9.77. The average Bonchev–Trinajstić information content (AvgIpc) is 2.97. The largest absolute Gasteiger partial charge is 0.465 e. The number of hydrogen-bond donors (Lipinski definition) is 0. The highest BCUT2D eigenvalue weighted by Gasteiger charge is 2.62. The van der Waals surface area contributed by atoms with E-state index in [0.717, 1.165) is 0 Å². The molecule has 0 saturated carbocycles. The average molecular weight is 316 g/mol. The lowest BCUT2D eigenvalue weighted by Gasteiger charge is -2.29.